The second kappa shape index (κ2) is 3.55. The molecule has 0 radical (unpaired) electrons. The molecular weight excluding hydrogens is 154 g/mol. The molecule has 0 aromatic heterocycles. The molecule has 58 valence electrons. The van der Waals surface area contributed by atoms with E-state index in [4.69, 9.17) is 10.5 Å². The van der Waals surface area contributed by atoms with Crippen molar-refractivity contribution in [2.24, 2.45) is 0 Å². The first-order valence-corrected chi connectivity index (χ1v) is 5.70. The molecule has 0 saturated heterocycles. The molecule has 1 aromatic carbocycles. The first-order valence-electron chi connectivity index (χ1n) is 3.54. The Labute approximate surface area is 68.4 Å². The quantitative estimate of drug-likeness (QED) is 0.508. The Kier molecular flexibility index (Phi) is 2.68. The van der Waals surface area contributed by atoms with Crippen LogP contribution < -0.4 is 5.73 Å². The van der Waals surface area contributed by atoms with Crippen LogP contribution in [0.3, 0.4) is 0 Å². The highest BCUT2D eigenvalue weighted by Crippen LogP contribution is 2.06. The van der Waals surface area contributed by atoms with Gasteiger partial charge in [-0.05, 0) is 17.7 Å². The van der Waals surface area contributed by atoms with Crippen LogP contribution in [0, 0.1) is 0 Å². The maximum Gasteiger partial charge on any atom is 0.470 e. The van der Waals surface area contributed by atoms with Gasteiger partial charge in [0.05, 0.1) is 6.55 Å². The molecule has 0 spiro atoms. The minimum atomic E-state index is -1.14. The van der Waals surface area contributed by atoms with Crippen LogP contribution in [-0.4, -0.2) is 13.8 Å². The SMILES string of the molecule is C[Si+](O)Cc1ccc(N)cc1. The Morgan fingerprint density at radius 3 is 2.36 bits per heavy atom. The lowest BCUT2D eigenvalue weighted by Crippen LogP contribution is -2.09. The zero-order valence-corrected chi connectivity index (χ0v) is 7.54. The lowest BCUT2D eigenvalue weighted by atomic mass is 10.2. The van der Waals surface area contributed by atoms with Crippen molar-refractivity contribution in [3.63, 3.8) is 0 Å². The zero-order chi connectivity index (χ0) is 8.27. The topological polar surface area (TPSA) is 46.2 Å². The van der Waals surface area contributed by atoms with Gasteiger partial charge in [-0.2, -0.15) is 0 Å². The summed E-state index contributed by atoms with van der Waals surface area (Å²) in [5.74, 6) is 0. The summed E-state index contributed by atoms with van der Waals surface area (Å²) in [6, 6.07) is 8.44. The third kappa shape index (κ3) is 2.74. The van der Waals surface area contributed by atoms with Gasteiger partial charge in [-0.15, -0.1) is 0 Å². The molecule has 0 amide bonds. The van der Waals surface area contributed by atoms with Crippen LogP contribution in [0.2, 0.25) is 6.55 Å². The summed E-state index contributed by atoms with van der Waals surface area (Å²) in [6.45, 7) is 1.88. The molecule has 0 unspecified atom stereocenters. The van der Waals surface area contributed by atoms with Crippen molar-refractivity contribution < 1.29 is 4.80 Å². The van der Waals surface area contributed by atoms with Crippen molar-refractivity contribution in [3.05, 3.63) is 29.8 Å². The molecule has 2 nitrogen and oxygen atoms in total. The van der Waals surface area contributed by atoms with E-state index in [9.17, 15) is 0 Å². The van der Waals surface area contributed by atoms with E-state index in [2.05, 4.69) is 0 Å². The standard InChI is InChI=1S/C8H12NOSi/c1-11(10)6-7-2-4-8(9)5-3-7/h2-5,10H,6,9H2,1H3/q+1. The molecule has 0 aliphatic heterocycles. The minimum absolute atomic E-state index is 0.775. The maximum atomic E-state index is 9.15. The molecule has 0 aliphatic rings. The average Bonchev–Trinajstić information content (AvgIpc) is 1.93. The Morgan fingerprint density at radius 1 is 1.36 bits per heavy atom. The van der Waals surface area contributed by atoms with Crippen molar-refractivity contribution in [2.75, 3.05) is 5.73 Å². The second-order valence-electron chi connectivity index (χ2n) is 2.65. The fourth-order valence-corrected chi connectivity index (χ4v) is 1.76. The fourth-order valence-electron chi connectivity index (χ4n) is 0.931. The lowest BCUT2D eigenvalue weighted by molar-refractivity contribution is 0.577. The summed E-state index contributed by atoms with van der Waals surface area (Å²) in [7, 11) is -1.14. The van der Waals surface area contributed by atoms with E-state index in [1.165, 1.54) is 0 Å². The van der Waals surface area contributed by atoms with Crippen LogP contribution in [0.5, 0.6) is 0 Å². The average molecular weight is 166 g/mol. The normalized spacial score (nSPS) is 9.64. The van der Waals surface area contributed by atoms with Gasteiger partial charge < -0.3 is 5.73 Å². The molecule has 3 heteroatoms. The number of hydrogen-bond acceptors (Lipinski definition) is 2. The summed E-state index contributed by atoms with van der Waals surface area (Å²) in [5, 5.41) is 0. The molecule has 11 heavy (non-hydrogen) atoms. The van der Waals surface area contributed by atoms with Crippen LogP contribution in [-0.2, 0) is 6.04 Å². The smallest absolute Gasteiger partial charge is 0.399 e. The second-order valence-corrected chi connectivity index (χ2v) is 4.48. The third-order valence-electron chi connectivity index (χ3n) is 1.44. The highest BCUT2D eigenvalue weighted by Gasteiger charge is 2.15. The Balaban J connectivity index is 2.66. The molecule has 1 rings (SSSR count). The van der Waals surface area contributed by atoms with Crippen LogP contribution >= 0.6 is 0 Å². The van der Waals surface area contributed by atoms with Gasteiger partial charge in [-0.3, -0.25) is 0 Å². The number of nitrogens with two attached hydrogens (primary N) is 1. The lowest BCUT2D eigenvalue weighted by Gasteiger charge is -1.94. The first kappa shape index (κ1) is 8.29. The van der Waals surface area contributed by atoms with Crippen LogP contribution in [0.25, 0.3) is 0 Å². The predicted octanol–water partition coefficient (Wildman–Crippen LogP) is 0.964. The van der Waals surface area contributed by atoms with Gasteiger partial charge in [0.15, 0.2) is 0 Å². The summed E-state index contributed by atoms with van der Waals surface area (Å²) < 4.78 is 0. The Hall–Kier alpha value is -0.803. The number of benzene rings is 1. The molecular formula is C8H12NOSi+. The maximum absolute atomic E-state index is 9.15. The Bertz CT molecular complexity index is 220. The highest BCUT2D eigenvalue weighted by atomic mass is 28.3. The van der Waals surface area contributed by atoms with Crippen molar-refractivity contribution in [1.29, 1.82) is 0 Å². The van der Waals surface area contributed by atoms with E-state index >= 15 is 0 Å². The van der Waals surface area contributed by atoms with E-state index in [-0.39, 0.29) is 0 Å². The molecule has 1 aromatic rings. The van der Waals surface area contributed by atoms with Gasteiger partial charge in [-0.1, -0.05) is 12.1 Å². The molecule has 3 N–H and O–H groups in total. The zero-order valence-electron chi connectivity index (χ0n) is 6.54. The Morgan fingerprint density at radius 2 is 1.91 bits per heavy atom. The largest absolute Gasteiger partial charge is 0.470 e. The van der Waals surface area contributed by atoms with Crippen molar-refractivity contribution in [3.8, 4) is 0 Å². The fraction of sp³-hybridized carbons (Fsp3) is 0.250. The van der Waals surface area contributed by atoms with Gasteiger partial charge >= 0.3 is 9.04 Å². The molecule has 0 atom stereocenters. The van der Waals surface area contributed by atoms with Gasteiger partial charge in [0.25, 0.3) is 0 Å². The summed E-state index contributed by atoms with van der Waals surface area (Å²) in [6.07, 6.45) is 0. The highest BCUT2D eigenvalue weighted by molar-refractivity contribution is 6.48. The van der Waals surface area contributed by atoms with Crippen molar-refractivity contribution in [2.45, 2.75) is 12.6 Å². The molecule has 0 saturated carbocycles. The number of rotatable bonds is 2. The van der Waals surface area contributed by atoms with E-state index in [0.717, 1.165) is 17.3 Å². The molecule has 0 fully saturated rings. The monoisotopic (exact) mass is 166 g/mol. The molecule has 0 bridgehead atoms. The van der Waals surface area contributed by atoms with E-state index in [1.807, 2.05) is 30.8 Å². The number of nitrogen functional groups attached to an aromatic ring is 1. The molecule has 0 aliphatic carbocycles. The van der Waals surface area contributed by atoms with Gasteiger partial charge in [0.2, 0.25) is 0 Å². The van der Waals surface area contributed by atoms with Crippen LogP contribution in [0.15, 0.2) is 24.3 Å². The predicted molar refractivity (Wildman–Crippen MR) is 48.4 cm³/mol. The van der Waals surface area contributed by atoms with Crippen LogP contribution in [0.1, 0.15) is 5.56 Å². The van der Waals surface area contributed by atoms with E-state index in [1.54, 1.807) is 0 Å². The first-order chi connectivity index (χ1) is 5.18. The summed E-state index contributed by atoms with van der Waals surface area (Å²) >= 11 is 0. The third-order valence-corrected chi connectivity index (χ3v) is 2.36. The van der Waals surface area contributed by atoms with Crippen molar-refractivity contribution >= 4 is 14.7 Å². The van der Waals surface area contributed by atoms with Gasteiger partial charge in [0, 0.05) is 5.69 Å². The minimum Gasteiger partial charge on any atom is -0.399 e. The summed E-state index contributed by atoms with van der Waals surface area (Å²) in [4.78, 5) is 9.15. The van der Waals surface area contributed by atoms with Crippen molar-refractivity contribution in [1.82, 2.24) is 0 Å². The molecule has 0 heterocycles. The van der Waals surface area contributed by atoms with E-state index < -0.39 is 9.04 Å². The van der Waals surface area contributed by atoms with E-state index in [0.29, 0.717) is 0 Å². The van der Waals surface area contributed by atoms with Gasteiger partial charge in [0.1, 0.15) is 6.04 Å². The number of hydrogen-bond donors (Lipinski definition) is 2. The van der Waals surface area contributed by atoms with Crippen LogP contribution in [0.4, 0.5) is 5.69 Å². The summed E-state index contributed by atoms with van der Waals surface area (Å²) in [5.41, 5.74) is 7.44. The number of anilines is 1. The van der Waals surface area contributed by atoms with Gasteiger partial charge in [-0.25, -0.2) is 4.80 Å².